The molecule has 5 nitrogen and oxygen atoms in total. The van der Waals surface area contributed by atoms with Gasteiger partial charge in [-0.3, -0.25) is 4.79 Å². The lowest BCUT2D eigenvalue weighted by atomic mass is 10.0. The average molecular weight is 319 g/mol. The minimum Gasteiger partial charge on any atom is -0.478 e. The first-order valence-corrected chi connectivity index (χ1v) is 8.36. The van der Waals surface area contributed by atoms with Gasteiger partial charge in [-0.15, -0.1) is 0 Å². The van der Waals surface area contributed by atoms with Gasteiger partial charge >= 0.3 is 5.97 Å². The maximum atomic E-state index is 11.9. The van der Waals surface area contributed by atoms with Gasteiger partial charge in [-0.05, 0) is 50.2 Å². The largest absolute Gasteiger partial charge is 0.478 e. The molecule has 1 aromatic carbocycles. The number of carboxylic acid groups (broad SMARTS) is 1. The molecule has 0 saturated carbocycles. The Hall–Kier alpha value is -1.88. The van der Waals surface area contributed by atoms with E-state index in [1.165, 1.54) is 6.42 Å². The highest BCUT2D eigenvalue weighted by molar-refractivity contribution is 5.89. The smallest absolute Gasteiger partial charge is 0.335 e. The number of ether oxygens (including phenoxy) is 1. The highest BCUT2D eigenvalue weighted by atomic mass is 16.5. The summed E-state index contributed by atoms with van der Waals surface area (Å²) in [4.78, 5) is 23.0. The molecular weight excluding hydrogens is 294 g/mol. The lowest BCUT2D eigenvalue weighted by Gasteiger charge is -2.22. The van der Waals surface area contributed by atoms with Gasteiger partial charge in [0.05, 0.1) is 11.7 Å². The summed E-state index contributed by atoms with van der Waals surface area (Å²) in [6.07, 6.45) is 6.53. The number of benzene rings is 1. The van der Waals surface area contributed by atoms with Crippen LogP contribution in [0.2, 0.25) is 0 Å². The van der Waals surface area contributed by atoms with Crippen LogP contribution in [0.1, 0.15) is 54.4 Å². The Labute approximate surface area is 137 Å². The highest BCUT2D eigenvalue weighted by Crippen LogP contribution is 2.16. The van der Waals surface area contributed by atoms with E-state index in [0.29, 0.717) is 31.1 Å². The first kappa shape index (κ1) is 17.5. The van der Waals surface area contributed by atoms with Crippen molar-refractivity contribution < 1.29 is 19.4 Å². The number of rotatable bonds is 8. The van der Waals surface area contributed by atoms with Crippen molar-refractivity contribution in [1.29, 1.82) is 0 Å². The number of hydrogen-bond donors (Lipinski definition) is 2. The van der Waals surface area contributed by atoms with Crippen LogP contribution >= 0.6 is 0 Å². The second kappa shape index (κ2) is 9.30. The van der Waals surface area contributed by atoms with E-state index in [9.17, 15) is 9.59 Å². The fraction of sp³-hybridized carbons (Fsp3) is 0.556. The summed E-state index contributed by atoms with van der Waals surface area (Å²) in [5, 5.41) is 12.0. The van der Waals surface area contributed by atoms with Crippen LogP contribution in [0.5, 0.6) is 0 Å². The molecule has 1 aromatic rings. The summed E-state index contributed by atoms with van der Waals surface area (Å²) in [5.41, 5.74) is 0.973. The number of nitrogens with one attached hydrogen (secondary N) is 1. The molecule has 0 aromatic heterocycles. The van der Waals surface area contributed by atoms with Gasteiger partial charge in [0.25, 0.3) is 0 Å². The van der Waals surface area contributed by atoms with Gasteiger partial charge in [-0.25, -0.2) is 4.79 Å². The maximum Gasteiger partial charge on any atom is 0.335 e. The van der Waals surface area contributed by atoms with Gasteiger partial charge in [0.15, 0.2) is 0 Å². The van der Waals surface area contributed by atoms with Gasteiger partial charge in [0.1, 0.15) is 0 Å². The molecule has 126 valence electrons. The Balaban J connectivity index is 1.64. The Kier molecular flexibility index (Phi) is 7.07. The molecule has 1 saturated heterocycles. The summed E-state index contributed by atoms with van der Waals surface area (Å²) in [7, 11) is 0. The van der Waals surface area contributed by atoms with E-state index in [1.54, 1.807) is 24.3 Å². The zero-order chi connectivity index (χ0) is 16.5. The van der Waals surface area contributed by atoms with Gasteiger partial charge < -0.3 is 15.2 Å². The van der Waals surface area contributed by atoms with E-state index in [-0.39, 0.29) is 11.5 Å². The highest BCUT2D eigenvalue weighted by Gasteiger charge is 2.13. The molecule has 23 heavy (non-hydrogen) atoms. The van der Waals surface area contributed by atoms with Crippen molar-refractivity contribution in [1.82, 2.24) is 5.32 Å². The Bertz CT molecular complexity index is 524. The van der Waals surface area contributed by atoms with Crippen LogP contribution in [-0.2, 0) is 16.0 Å². The van der Waals surface area contributed by atoms with Gasteiger partial charge in [0.2, 0.25) is 5.91 Å². The third-order valence-electron chi connectivity index (χ3n) is 4.17. The van der Waals surface area contributed by atoms with Crippen LogP contribution in [0.25, 0.3) is 0 Å². The molecular formula is C18H25NO4. The molecule has 0 spiro atoms. The summed E-state index contributed by atoms with van der Waals surface area (Å²) in [5.74, 6) is -0.983. The van der Waals surface area contributed by atoms with E-state index in [2.05, 4.69) is 5.32 Å². The van der Waals surface area contributed by atoms with Crippen molar-refractivity contribution in [2.45, 2.75) is 51.0 Å². The molecule has 0 radical (unpaired) electrons. The summed E-state index contributed by atoms with van der Waals surface area (Å²) in [6, 6.07) is 6.82. The number of carbonyl (C=O) groups excluding carboxylic acids is 1. The van der Waals surface area contributed by atoms with Crippen LogP contribution in [0.3, 0.4) is 0 Å². The van der Waals surface area contributed by atoms with Crippen LogP contribution in [0.4, 0.5) is 0 Å². The zero-order valence-corrected chi connectivity index (χ0v) is 13.4. The molecule has 5 heteroatoms. The maximum absolute atomic E-state index is 11.9. The first-order chi connectivity index (χ1) is 11.2. The Morgan fingerprint density at radius 3 is 2.83 bits per heavy atom. The number of amides is 1. The minimum atomic E-state index is -0.950. The number of aromatic carboxylic acids is 1. The van der Waals surface area contributed by atoms with E-state index in [0.717, 1.165) is 32.3 Å². The Morgan fingerprint density at radius 1 is 1.26 bits per heavy atom. The summed E-state index contributed by atoms with van der Waals surface area (Å²) >= 11 is 0. The van der Waals surface area contributed by atoms with Crippen molar-refractivity contribution in [3.8, 4) is 0 Å². The van der Waals surface area contributed by atoms with Gasteiger partial charge in [0, 0.05) is 19.6 Å². The molecule has 1 amide bonds. The second-order valence-electron chi connectivity index (χ2n) is 5.94. The SMILES string of the molecule is O=C(CCc1ccccc1C(=O)O)NCCCC1CCCCO1. The molecule has 2 N–H and O–H groups in total. The topological polar surface area (TPSA) is 75.6 Å². The van der Waals surface area contributed by atoms with Crippen molar-refractivity contribution in [3.05, 3.63) is 35.4 Å². The van der Waals surface area contributed by atoms with Crippen molar-refractivity contribution in [2.24, 2.45) is 0 Å². The quantitative estimate of drug-likeness (QED) is 0.723. The number of aryl methyl sites for hydroxylation is 1. The van der Waals surface area contributed by atoms with Crippen molar-refractivity contribution in [2.75, 3.05) is 13.2 Å². The van der Waals surface area contributed by atoms with Gasteiger partial charge in [-0.1, -0.05) is 18.2 Å². The first-order valence-electron chi connectivity index (χ1n) is 8.36. The predicted molar refractivity (Wildman–Crippen MR) is 87.6 cm³/mol. The number of carboxylic acids is 1. The van der Waals surface area contributed by atoms with Crippen LogP contribution in [-0.4, -0.2) is 36.2 Å². The molecule has 1 fully saturated rings. The molecule has 1 heterocycles. The van der Waals surface area contributed by atoms with Gasteiger partial charge in [-0.2, -0.15) is 0 Å². The fourth-order valence-electron chi connectivity index (χ4n) is 2.88. The zero-order valence-electron chi connectivity index (χ0n) is 13.4. The average Bonchev–Trinajstić information content (AvgIpc) is 2.58. The van der Waals surface area contributed by atoms with Crippen LogP contribution < -0.4 is 5.32 Å². The van der Waals surface area contributed by atoms with E-state index in [4.69, 9.17) is 9.84 Å². The standard InChI is InChI=1S/C18H25NO4/c20-17(19-12-5-8-15-7-3-4-13-23-15)11-10-14-6-1-2-9-16(14)18(21)22/h1-2,6,9,15H,3-5,7-8,10-13H2,(H,19,20)(H,21,22). The summed E-state index contributed by atoms with van der Waals surface area (Å²) in [6.45, 7) is 1.51. The number of carbonyl (C=O) groups is 2. The monoisotopic (exact) mass is 319 g/mol. The fourth-order valence-corrected chi connectivity index (χ4v) is 2.88. The molecule has 2 rings (SSSR count). The number of hydrogen-bond acceptors (Lipinski definition) is 3. The summed E-state index contributed by atoms with van der Waals surface area (Å²) < 4.78 is 5.66. The second-order valence-corrected chi connectivity index (χ2v) is 5.94. The Morgan fingerprint density at radius 2 is 2.09 bits per heavy atom. The third kappa shape index (κ3) is 6.02. The van der Waals surface area contributed by atoms with Crippen LogP contribution in [0.15, 0.2) is 24.3 Å². The van der Waals surface area contributed by atoms with Crippen molar-refractivity contribution in [3.63, 3.8) is 0 Å². The van der Waals surface area contributed by atoms with E-state index >= 15 is 0 Å². The lowest BCUT2D eigenvalue weighted by molar-refractivity contribution is -0.121. The molecule has 1 unspecified atom stereocenters. The molecule has 1 aliphatic heterocycles. The normalized spacial score (nSPS) is 17.7. The third-order valence-corrected chi connectivity index (χ3v) is 4.17. The van der Waals surface area contributed by atoms with E-state index < -0.39 is 5.97 Å². The molecule has 1 atom stereocenters. The lowest BCUT2D eigenvalue weighted by Crippen LogP contribution is -2.26. The molecule has 1 aliphatic rings. The molecule has 0 aliphatic carbocycles. The van der Waals surface area contributed by atoms with Crippen LogP contribution in [0, 0.1) is 0 Å². The molecule has 0 bridgehead atoms. The predicted octanol–water partition coefficient (Wildman–Crippen LogP) is 2.78. The van der Waals surface area contributed by atoms with E-state index in [1.807, 2.05) is 0 Å². The minimum absolute atomic E-state index is 0.0326. The van der Waals surface area contributed by atoms with Crippen molar-refractivity contribution >= 4 is 11.9 Å².